The highest BCUT2D eigenvalue weighted by molar-refractivity contribution is 5.80. The van der Waals surface area contributed by atoms with Crippen molar-refractivity contribution in [1.82, 2.24) is 15.1 Å². The second-order valence-electron chi connectivity index (χ2n) is 7.96. The van der Waals surface area contributed by atoms with E-state index in [0.29, 0.717) is 17.5 Å². The van der Waals surface area contributed by atoms with E-state index in [1.807, 2.05) is 0 Å². The van der Waals surface area contributed by atoms with E-state index in [9.17, 15) is 14.9 Å². The molecular weight excluding hydrogens is 308 g/mol. The molecule has 7 nitrogen and oxygen atoms in total. The van der Waals surface area contributed by atoms with Crippen molar-refractivity contribution in [2.24, 2.45) is 23.7 Å². The number of nitrogens with zero attached hydrogens (tertiary/aromatic N) is 3. The zero-order chi connectivity index (χ0) is 17.0. The Labute approximate surface area is 140 Å². The number of hydrogen-bond acceptors (Lipinski definition) is 4. The van der Waals surface area contributed by atoms with Crippen LogP contribution in [0.25, 0.3) is 0 Å². The highest BCUT2D eigenvalue weighted by atomic mass is 16.6. The number of carbonyl (C=O) groups is 1. The van der Waals surface area contributed by atoms with Gasteiger partial charge in [-0.05, 0) is 69.6 Å². The quantitative estimate of drug-likeness (QED) is 0.678. The molecule has 4 aliphatic carbocycles. The van der Waals surface area contributed by atoms with Gasteiger partial charge in [0.15, 0.2) is 0 Å². The normalized spacial score (nSPS) is 35.0. The van der Waals surface area contributed by atoms with Gasteiger partial charge in [-0.15, -0.1) is 0 Å². The third-order valence-electron chi connectivity index (χ3n) is 6.50. The first-order chi connectivity index (χ1) is 11.4. The molecular formula is C17H24N4O3. The van der Waals surface area contributed by atoms with Gasteiger partial charge in [-0.25, -0.2) is 0 Å². The lowest BCUT2D eigenvalue weighted by Crippen LogP contribution is -2.56. The van der Waals surface area contributed by atoms with Crippen molar-refractivity contribution >= 4 is 11.6 Å². The molecule has 0 aliphatic heterocycles. The standard InChI is InChI=1S/C17H24N4O3/c1-9-15(21(23)24)8-18-20(9)10(2)17(22)19-16-13-4-11-3-12(6-13)7-14(16)5-11/h8,10-14,16H,3-7H2,1-2H3,(H,19,22). The predicted molar refractivity (Wildman–Crippen MR) is 87.3 cm³/mol. The topological polar surface area (TPSA) is 90.1 Å². The minimum atomic E-state index is -0.532. The molecule has 24 heavy (non-hydrogen) atoms. The lowest BCUT2D eigenvalue weighted by Gasteiger charge is -2.54. The molecule has 4 aliphatic rings. The van der Waals surface area contributed by atoms with Gasteiger partial charge in [0, 0.05) is 6.04 Å². The molecule has 5 rings (SSSR count). The Morgan fingerprint density at radius 3 is 2.38 bits per heavy atom. The maximum absolute atomic E-state index is 12.7. The van der Waals surface area contributed by atoms with Crippen LogP contribution in [0.15, 0.2) is 6.20 Å². The SMILES string of the molecule is Cc1c([N+](=O)[O-])cnn1C(C)C(=O)NC1C2CC3CC(C2)CC1C3. The third-order valence-corrected chi connectivity index (χ3v) is 6.50. The molecule has 0 aromatic carbocycles. The van der Waals surface area contributed by atoms with Gasteiger partial charge in [-0.2, -0.15) is 5.10 Å². The minimum Gasteiger partial charge on any atom is -0.351 e. The molecule has 4 bridgehead atoms. The molecule has 0 spiro atoms. The molecule has 7 heteroatoms. The Kier molecular flexibility index (Phi) is 3.62. The lowest BCUT2D eigenvalue weighted by molar-refractivity contribution is -0.385. The van der Waals surface area contributed by atoms with E-state index in [2.05, 4.69) is 10.4 Å². The van der Waals surface area contributed by atoms with Crippen LogP contribution in [0.1, 0.15) is 50.8 Å². The summed E-state index contributed by atoms with van der Waals surface area (Å²) in [6, 6.07) is -0.255. The van der Waals surface area contributed by atoms with Crippen LogP contribution in [-0.4, -0.2) is 26.7 Å². The summed E-state index contributed by atoms with van der Waals surface area (Å²) in [4.78, 5) is 23.2. The van der Waals surface area contributed by atoms with Crippen molar-refractivity contribution in [3.8, 4) is 0 Å². The fourth-order valence-electron chi connectivity index (χ4n) is 5.54. The van der Waals surface area contributed by atoms with E-state index in [-0.39, 0.29) is 17.6 Å². The van der Waals surface area contributed by atoms with E-state index < -0.39 is 11.0 Å². The lowest BCUT2D eigenvalue weighted by atomic mass is 9.54. The Morgan fingerprint density at radius 2 is 1.88 bits per heavy atom. The zero-order valence-electron chi connectivity index (χ0n) is 14.1. The van der Waals surface area contributed by atoms with Crippen LogP contribution in [0.2, 0.25) is 0 Å². The fourth-order valence-corrected chi connectivity index (χ4v) is 5.54. The molecule has 0 radical (unpaired) electrons. The number of amides is 1. The van der Waals surface area contributed by atoms with Gasteiger partial charge in [0.05, 0.1) is 4.92 Å². The molecule has 1 aromatic rings. The summed E-state index contributed by atoms with van der Waals surface area (Å²) in [6.45, 7) is 3.40. The number of hydrogen-bond donors (Lipinski definition) is 1. The molecule has 1 N–H and O–H groups in total. The van der Waals surface area contributed by atoms with Crippen LogP contribution in [-0.2, 0) is 4.79 Å². The van der Waals surface area contributed by atoms with Gasteiger partial charge in [-0.3, -0.25) is 19.6 Å². The highest BCUT2D eigenvalue weighted by Gasteiger charge is 2.48. The molecule has 4 fully saturated rings. The summed E-state index contributed by atoms with van der Waals surface area (Å²) in [5, 5.41) is 18.3. The summed E-state index contributed by atoms with van der Waals surface area (Å²) in [5.41, 5.74) is 0.386. The zero-order valence-corrected chi connectivity index (χ0v) is 14.1. The molecule has 1 amide bonds. The molecule has 1 unspecified atom stereocenters. The van der Waals surface area contributed by atoms with Gasteiger partial charge in [0.2, 0.25) is 5.91 Å². The smallest absolute Gasteiger partial charge is 0.309 e. The van der Waals surface area contributed by atoms with E-state index in [0.717, 1.165) is 11.8 Å². The monoisotopic (exact) mass is 332 g/mol. The van der Waals surface area contributed by atoms with Gasteiger partial charge < -0.3 is 5.32 Å². The first kappa shape index (κ1) is 15.6. The van der Waals surface area contributed by atoms with Crippen molar-refractivity contribution in [1.29, 1.82) is 0 Å². The fraction of sp³-hybridized carbons (Fsp3) is 0.765. The van der Waals surface area contributed by atoms with Gasteiger partial charge in [0.25, 0.3) is 0 Å². The number of rotatable bonds is 4. The van der Waals surface area contributed by atoms with E-state index in [1.54, 1.807) is 13.8 Å². The number of nitrogens with one attached hydrogen (secondary N) is 1. The van der Waals surface area contributed by atoms with E-state index in [1.165, 1.54) is 43.0 Å². The van der Waals surface area contributed by atoms with Crippen LogP contribution < -0.4 is 5.32 Å². The Balaban J connectivity index is 1.47. The molecule has 1 atom stereocenters. The van der Waals surface area contributed by atoms with Crippen LogP contribution in [0.5, 0.6) is 0 Å². The van der Waals surface area contributed by atoms with Gasteiger partial charge in [0.1, 0.15) is 17.9 Å². The predicted octanol–water partition coefficient (Wildman–Crippen LogP) is 2.60. The summed E-state index contributed by atoms with van der Waals surface area (Å²) in [6.07, 6.45) is 7.61. The van der Waals surface area contributed by atoms with Gasteiger partial charge in [-0.1, -0.05) is 0 Å². The second kappa shape index (κ2) is 5.57. The summed E-state index contributed by atoms with van der Waals surface area (Å²) < 4.78 is 1.46. The van der Waals surface area contributed by atoms with Crippen LogP contribution >= 0.6 is 0 Å². The van der Waals surface area contributed by atoms with E-state index >= 15 is 0 Å². The van der Waals surface area contributed by atoms with Crippen molar-refractivity contribution in [3.05, 3.63) is 22.0 Å². The first-order valence-electron chi connectivity index (χ1n) is 8.93. The van der Waals surface area contributed by atoms with Crippen molar-refractivity contribution in [2.75, 3.05) is 0 Å². The highest BCUT2D eigenvalue weighted by Crippen LogP contribution is 2.53. The summed E-state index contributed by atoms with van der Waals surface area (Å²) in [5.74, 6) is 2.90. The largest absolute Gasteiger partial charge is 0.351 e. The van der Waals surface area contributed by atoms with Gasteiger partial charge >= 0.3 is 5.69 Å². The number of aromatic nitrogens is 2. The minimum absolute atomic E-state index is 0.0377. The third kappa shape index (κ3) is 2.41. The van der Waals surface area contributed by atoms with Crippen LogP contribution in [0.4, 0.5) is 5.69 Å². The average Bonchev–Trinajstić information content (AvgIpc) is 2.91. The molecule has 1 aromatic heterocycles. The maximum atomic E-state index is 12.7. The Bertz CT molecular complexity index is 655. The second-order valence-corrected chi connectivity index (χ2v) is 7.96. The first-order valence-corrected chi connectivity index (χ1v) is 8.93. The Morgan fingerprint density at radius 1 is 1.29 bits per heavy atom. The number of nitro groups is 1. The van der Waals surface area contributed by atoms with Crippen LogP contribution in [0, 0.1) is 40.7 Å². The average molecular weight is 332 g/mol. The number of carbonyl (C=O) groups excluding carboxylic acids is 1. The van der Waals surface area contributed by atoms with Crippen molar-refractivity contribution in [3.63, 3.8) is 0 Å². The maximum Gasteiger partial charge on any atom is 0.309 e. The van der Waals surface area contributed by atoms with Crippen LogP contribution in [0.3, 0.4) is 0 Å². The Hall–Kier alpha value is -1.92. The van der Waals surface area contributed by atoms with Crippen molar-refractivity contribution in [2.45, 2.75) is 58.0 Å². The molecule has 0 saturated heterocycles. The molecule has 1 heterocycles. The summed E-state index contributed by atoms with van der Waals surface area (Å²) >= 11 is 0. The van der Waals surface area contributed by atoms with E-state index in [4.69, 9.17) is 0 Å². The summed E-state index contributed by atoms with van der Waals surface area (Å²) in [7, 11) is 0. The van der Waals surface area contributed by atoms with Crippen molar-refractivity contribution < 1.29 is 9.72 Å². The molecule has 4 saturated carbocycles. The molecule has 130 valence electrons.